The SMILES string of the molecule is Cc1cc(OCC(=O)Nc2cc3nn(-c4ccccc4)nc3cc2C)ccc1Cl. The number of carbonyl (C=O) groups excluding carboxylic acids is 1. The monoisotopic (exact) mass is 406 g/mol. The van der Waals surface area contributed by atoms with Crippen molar-refractivity contribution in [1.29, 1.82) is 0 Å². The van der Waals surface area contributed by atoms with Gasteiger partial charge in [0.15, 0.2) is 6.61 Å². The molecule has 0 bridgehead atoms. The van der Waals surface area contributed by atoms with Crippen molar-refractivity contribution < 1.29 is 9.53 Å². The number of nitrogens with one attached hydrogen (secondary N) is 1. The third kappa shape index (κ3) is 4.22. The molecule has 1 heterocycles. The number of carbonyl (C=O) groups is 1. The van der Waals surface area contributed by atoms with Crippen molar-refractivity contribution in [3.05, 3.63) is 76.8 Å². The highest BCUT2D eigenvalue weighted by atomic mass is 35.5. The van der Waals surface area contributed by atoms with Gasteiger partial charge in [-0.3, -0.25) is 4.79 Å². The number of aromatic nitrogens is 3. The van der Waals surface area contributed by atoms with Gasteiger partial charge in [0.2, 0.25) is 0 Å². The Morgan fingerprint density at radius 3 is 2.45 bits per heavy atom. The summed E-state index contributed by atoms with van der Waals surface area (Å²) in [6, 6.07) is 18.7. The molecule has 0 saturated carbocycles. The van der Waals surface area contributed by atoms with E-state index < -0.39 is 0 Å². The molecule has 0 radical (unpaired) electrons. The van der Waals surface area contributed by atoms with Crippen molar-refractivity contribution in [2.75, 3.05) is 11.9 Å². The molecule has 0 unspecified atom stereocenters. The van der Waals surface area contributed by atoms with Crippen molar-refractivity contribution >= 4 is 34.2 Å². The average Bonchev–Trinajstić information content (AvgIpc) is 3.12. The molecular weight excluding hydrogens is 388 g/mol. The summed E-state index contributed by atoms with van der Waals surface area (Å²) in [4.78, 5) is 13.9. The fourth-order valence-corrected chi connectivity index (χ4v) is 3.04. The molecule has 7 heteroatoms. The van der Waals surface area contributed by atoms with Crippen LogP contribution in [0.5, 0.6) is 5.75 Å². The summed E-state index contributed by atoms with van der Waals surface area (Å²) in [6.45, 7) is 3.70. The number of nitrogens with zero attached hydrogens (tertiary/aromatic N) is 3. The quantitative estimate of drug-likeness (QED) is 0.521. The lowest BCUT2D eigenvalue weighted by Gasteiger charge is -2.10. The fourth-order valence-electron chi connectivity index (χ4n) is 2.92. The molecular formula is C22H19ClN4O2. The topological polar surface area (TPSA) is 69.0 Å². The van der Waals surface area contributed by atoms with Crippen LogP contribution in [-0.4, -0.2) is 27.5 Å². The molecule has 0 aliphatic rings. The van der Waals surface area contributed by atoms with E-state index in [2.05, 4.69) is 15.5 Å². The highest BCUT2D eigenvalue weighted by molar-refractivity contribution is 6.31. The predicted molar refractivity (Wildman–Crippen MR) is 114 cm³/mol. The minimum atomic E-state index is -0.254. The van der Waals surface area contributed by atoms with Crippen LogP contribution in [0.2, 0.25) is 5.02 Å². The van der Waals surface area contributed by atoms with Crippen LogP contribution in [0, 0.1) is 13.8 Å². The van der Waals surface area contributed by atoms with Gasteiger partial charge in [0.05, 0.1) is 5.69 Å². The molecule has 146 valence electrons. The van der Waals surface area contributed by atoms with E-state index in [1.165, 1.54) is 0 Å². The molecule has 1 amide bonds. The lowest BCUT2D eigenvalue weighted by Crippen LogP contribution is -2.20. The molecule has 29 heavy (non-hydrogen) atoms. The molecule has 0 spiro atoms. The van der Waals surface area contributed by atoms with Gasteiger partial charge in [0.1, 0.15) is 16.8 Å². The number of para-hydroxylation sites is 1. The molecule has 3 aromatic carbocycles. The van der Waals surface area contributed by atoms with Crippen LogP contribution in [0.3, 0.4) is 0 Å². The zero-order valence-corrected chi connectivity index (χ0v) is 16.8. The summed E-state index contributed by atoms with van der Waals surface area (Å²) in [5.74, 6) is 0.343. The van der Waals surface area contributed by atoms with Gasteiger partial charge in [-0.15, -0.1) is 10.2 Å². The van der Waals surface area contributed by atoms with Crippen LogP contribution in [0.1, 0.15) is 11.1 Å². The summed E-state index contributed by atoms with van der Waals surface area (Å²) >= 11 is 6.01. The van der Waals surface area contributed by atoms with Gasteiger partial charge in [-0.05, 0) is 67.4 Å². The lowest BCUT2D eigenvalue weighted by atomic mass is 10.1. The third-order valence-electron chi connectivity index (χ3n) is 4.49. The maximum absolute atomic E-state index is 12.3. The highest BCUT2D eigenvalue weighted by Crippen LogP contribution is 2.23. The number of hydrogen-bond acceptors (Lipinski definition) is 4. The maximum atomic E-state index is 12.3. The number of rotatable bonds is 5. The van der Waals surface area contributed by atoms with Gasteiger partial charge in [-0.2, -0.15) is 4.80 Å². The van der Waals surface area contributed by atoms with E-state index in [1.807, 2.05) is 56.3 Å². The first kappa shape index (κ1) is 19.0. The molecule has 1 aromatic heterocycles. The third-order valence-corrected chi connectivity index (χ3v) is 4.91. The van der Waals surface area contributed by atoms with E-state index in [1.54, 1.807) is 23.0 Å². The zero-order valence-electron chi connectivity index (χ0n) is 16.0. The van der Waals surface area contributed by atoms with E-state index in [4.69, 9.17) is 16.3 Å². The lowest BCUT2D eigenvalue weighted by molar-refractivity contribution is -0.118. The first-order valence-electron chi connectivity index (χ1n) is 9.11. The number of hydrogen-bond donors (Lipinski definition) is 1. The number of aryl methyl sites for hydroxylation is 2. The van der Waals surface area contributed by atoms with Crippen LogP contribution >= 0.6 is 11.6 Å². The van der Waals surface area contributed by atoms with Gasteiger partial charge in [0, 0.05) is 10.7 Å². The van der Waals surface area contributed by atoms with Crippen molar-refractivity contribution in [2.45, 2.75) is 13.8 Å². The second-order valence-corrected chi connectivity index (χ2v) is 7.14. The second-order valence-electron chi connectivity index (χ2n) is 6.73. The average molecular weight is 407 g/mol. The first-order chi connectivity index (χ1) is 14.0. The van der Waals surface area contributed by atoms with Gasteiger partial charge in [0.25, 0.3) is 5.91 Å². The molecule has 6 nitrogen and oxygen atoms in total. The Hall–Kier alpha value is -3.38. The summed E-state index contributed by atoms with van der Waals surface area (Å²) < 4.78 is 5.56. The Morgan fingerprint density at radius 2 is 1.72 bits per heavy atom. The number of anilines is 1. The van der Waals surface area contributed by atoms with E-state index in [0.29, 0.717) is 22.0 Å². The number of ether oxygens (including phenoxy) is 1. The standard InChI is InChI=1S/C22H19ClN4O2/c1-14-10-17(8-9-18(14)23)29-13-22(28)24-19-12-21-20(11-15(19)2)25-27(26-21)16-6-4-3-5-7-16/h3-12H,13H2,1-2H3,(H,24,28). The zero-order chi connectivity index (χ0) is 20.4. The first-order valence-corrected chi connectivity index (χ1v) is 9.49. The summed E-state index contributed by atoms with van der Waals surface area (Å²) in [7, 11) is 0. The molecule has 1 N–H and O–H groups in total. The van der Waals surface area contributed by atoms with Crippen molar-refractivity contribution in [3.8, 4) is 11.4 Å². The number of halogens is 1. The van der Waals surface area contributed by atoms with Gasteiger partial charge in [-0.25, -0.2) is 0 Å². The minimum absolute atomic E-state index is 0.102. The molecule has 0 saturated heterocycles. The Kier molecular flexibility index (Phi) is 5.18. The fraction of sp³-hybridized carbons (Fsp3) is 0.136. The van der Waals surface area contributed by atoms with Gasteiger partial charge >= 0.3 is 0 Å². The van der Waals surface area contributed by atoms with Crippen LogP contribution in [-0.2, 0) is 4.79 Å². The van der Waals surface area contributed by atoms with E-state index in [9.17, 15) is 4.79 Å². The van der Waals surface area contributed by atoms with E-state index in [-0.39, 0.29) is 12.5 Å². The van der Waals surface area contributed by atoms with Crippen LogP contribution in [0.15, 0.2) is 60.7 Å². The summed E-state index contributed by atoms with van der Waals surface area (Å²) in [5.41, 5.74) is 4.80. The van der Waals surface area contributed by atoms with Crippen LogP contribution in [0.4, 0.5) is 5.69 Å². The Balaban J connectivity index is 1.49. The maximum Gasteiger partial charge on any atom is 0.262 e. The molecule has 0 aliphatic carbocycles. The van der Waals surface area contributed by atoms with Gasteiger partial charge < -0.3 is 10.1 Å². The molecule has 0 atom stereocenters. The highest BCUT2D eigenvalue weighted by Gasteiger charge is 2.11. The second kappa shape index (κ2) is 7.93. The molecule has 4 aromatic rings. The molecule has 0 fully saturated rings. The minimum Gasteiger partial charge on any atom is -0.484 e. The summed E-state index contributed by atoms with van der Waals surface area (Å²) in [5, 5.41) is 12.6. The normalized spacial score (nSPS) is 10.9. The number of amides is 1. The summed E-state index contributed by atoms with van der Waals surface area (Å²) in [6.07, 6.45) is 0. The Labute approximate surface area is 173 Å². The van der Waals surface area contributed by atoms with Crippen LogP contribution < -0.4 is 10.1 Å². The Bertz CT molecular complexity index is 1190. The predicted octanol–water partition coefficient (Wildman–Crippen LogP) is 4.71. The van der Waals surface area contributed by atoms with Crippen molar-refractivity contribution in [2.24, 2.45) is 0 Å². The van der Waals surface area contributed by atoms with E-state index in [0.717, 1.165) is 22.3 Å². The number of fused-ring (bicyclic) bond motifs is 1. The van der Waals surface area contributed by atoms with Gasteiger partial charge in [-0.1, -0.05) is 29.8 Å². The van der Waals surface area contributed by atoms with Crippen molar-refractivity contribution in [1.82, 2.24) is 15.0 Å². The van der Waals surface area contributed by atoms with E-state index >= 15 is 0 Å². The molecule has 4 rings (SSSR count). The number of benzene rings is 3. The molecule has 0 aliphatic heterocycles. The Morgan fingerprint density at radius 1 is 1.00 bits per heavy atom. The van der Waals surface area contributed by atoms with Crippen LogP contribution in [0.25, 0.3) is 16.7 Å². The smallest absolute Gasteiger partial charge is 0.262 e. The largest absolute Gasteiger partial charge is 0.484 e. The van der Waals surface area contributed by atoms with Crippen molar-refractivity contribution in [3.63, 3.8) is 0 Å².